The van der Waals surface area contributed by atoms with Crippen LogP contribution in [-0.4, -0.2) is 16.3 Å². The number of aromatic nitrogens is 2. The number of aryl methyl sites for hydroxylation is 1. The molecule has 1 aromatic heterocycles. The molecule has 0 radical (unpaired) electrons. The molecule has 0 unspecified atom stereocenters. The summed E-state index contributed by atoms with van der Waals surface area (Å²) in [5, 5.41) is 8.10. The van der Waals surface area contributed by atoms with Gasteiger partial charge in [-0.25, -0.2) is 0 Å². The SMILES string of the molecule is Cc1nn(C(C)C)c(C)c1NCC1CC1. The number of nitrogens with zero attached hydrogens (tertiary/aromatic N) is 2. The van der Waals surface area contributed by atoms with Gasteiger partial charge in [0.1, 0.15) is 0 Å². The molecule has 1 aromatic rings. The Kier molecular flexibility index (Phi) is 2.72. The zero-order valence-electron chi connectivity index (χ0n) is 10.2. The van der Waals surface area contributed by atoms with Crippen molar-refractivity contribution in [3.8, 4) is 0 Å². The largest absolute Gasteiger partial charge is 0.382 e. The van der Waals surface area contributed by atoms with Crippen molar-refractivity contribution in [2.24, 2.45) is 5.92 Å². The highest BCUT2D eigenvalue weighted by Gasteiger charge is 2.22. The molecular weight excluding hydrogens is 186 g/mol. The number of anilines is 1. The summed E-state index contributed by atoms with van der Waals surface area (Å²) in [5.74, 6) is 0.909. The molecule has 84 valence electrons. The predicted octanol–water partition coefficient (Wildman–Crippen LogP) is 2.90. The fraction of sp³-hybridized carbons (Fsp3) is 0.750. The van der Waals surface area contributed by atoms with Crippen molar-refractivity contribution in [2.75, 3.05) is 11.9 Å². The number of rotatable bonds is 4. The summed E-state index contributed by atoms with van der Waals surface area (Å²) < 4.78 is 2.10. The Morgan fingerprint density at radius 3 is 2.53 bits per heavy atom. The Balaban J connectivity index is 2.13. The van der Waals surface area contributed by atoms with E-state index in [-0.39, 0.29) is 0 Å². The summed E-state index contributed by atoms with van der Waals surface area (Å²) in [6.07, 6.45) is 2.78. The van der Waals surface area contributed by atoms with Gasteiger partial charge in [0.2, 0.25) is 0 Å². The van der Waals surface area contributed by atoms with Gasteiger partial charge in [-0.2, -0.15) is 5.10 Å². The lowest BCUT2D eigenvalue weighted by atomic mass is 10.3. The first-order valence-electron chi connectivity index (χ1n) is 5.89. The van der Waals surface area contributed by atoms with Gasteiger partial charge in [-0.1, -0.05) is 0 Å². The monoisotopic (exact) mass is 207 g/mol. The Bertz CT molecular complexity index is 348. The zero-order valence-corrected chi connectivity index (χ0v) is 10.2. The van der Waals surface area contributed by atoms with Gasteiger partial charge < -0.3 is 5.32 Å². The summed E-state index contributed by atoms with van der Waals surface area (Å²) >= 11 is 0. The minimum Gasteiger partial charge on any atom is -0.382 e. The molecule has 3 heteroatoms. The summed E-state index contributed by atoms with van der Waals surface area (Å²) in [4.78, 5) is 0. The van der Waals surface area contributed by atoms with E-state index in [1.807, 2.05) is 0 Å². The van der Waals surface area contributed by atoms with Crippen LogP contribution in [0.5, 0.6) is 0 Å². The molecule has 1 N–H and O–H groups in total. The maximum absolute atomic E-state index is 4.56. The van der Waals surface area contributed by atoms with Gasteiger partial charge in [-0.15, -0.1) is 0 Å². The average Bonchev–Trinajstić information content (AvgIpc) is 2.93. The predicted molar refractivity (Wildman–Crippen MR) is 63.3 cm³/mol. The van der Waals surface area contributed by atoms with Gasteiger partial charge in [-0.3, -0.25) is 4.68 Å². The normalized spacial score (nSPS) is 16.1. The average molecular weight is 207 g/mol. The molecule has 0 aliphatic heterocycles. The maximum Gasteiger partial charge on any atom is 0.0828 e. The van der Waals surface area contributed by atoms with Crippen LogP contribution in [0.2, 0.25) is 0 Å². The van der Waals surface area contributed by atoms with Crippen LogP contribution in [0.1, 0.15) is 44.1 Å². The second-order valence-electron chi connectivity index (χ2n) is 4.91. The van der Waals surface area contributed by atoms with E-state index in [1.54, 1.807) is 0 Å². The van der Waals surface area contributed by atoms with Crippen molar-refractivity contribution in [3.05, 3.63) is 11.4 Å². The van der Waals surface area contributed by atoms with E-state index in [2.05, 4.69) is 42.8 Å². The quantitative estimate of drug-likeness (QED) is 0.822. The standard InChI is InChI=1S/C12H21N3/c1-8(2)15-10(4)12(9(3)14-15)13-7-11-5-6-11/h8,11,13H,5-7H2,1-4H3. The molecule has 0 amide bonds. The fourth-order valence-corrected chi connectivity index (χ4v) is 1.99. The Hall–Kier alpha value is -0.990. The van der Waals surface area contributed by atoms with Gasteiger partial charge in [0.25, 0.3) is 0 Å². The van der Waals surface area contributed by atoms with E-state index < -0.39 is 0 Å². The van der Waals surface area contributed by atoms with E-state index in [0.29, 0.717) is 6.04 Å². The fourth-order valence-electron chi connectivity index (χ4n) is 1.99. The van der Waals surface area contributed by atoms with Crippen molar-refractivity contribution in [3.63, 3.8) is 0 Å². The number of hydrogen-bond acceptors (Lipinski definition) is 2. The molecule has 0 aromatic carbocycles. The van der Waals surface area contributed by atoms with Gasteiger partial charge in [0.05, 0.1) is 17.1 Å². The van der Waals surface area contributed by atoms with Crippen molar-refractivity contribution in [2.45, 2.75) is 46.6 Å². The lowest BCUT2D eigenvalue weighted by Crippen LogP contribution is -2.07. The number of hydrogen-bond donors (Lipinski definition) is 1. The van der Waals surface area contributed by atoms with Gasteiger partial charge >= 0.3 is 0 Å². The summed E-state index contributed by atoms with van der Waals surface area (Å²) in [7, 11) is 0. The van der Waals surface area contributed by atoms with E-state index in [0.717, 1.165) is 18.2 Å². The molecule has 0 saturated heterocycles. The van der Waals surface area contributed by atoms with E-state index in [4.69, 9.17) is 0 Å². The molecular formula is C12H21N3. The molecule has 15 heavy (non-hydrogen) atoms. The second-order valence-corrected chi connectivity index (χ2v) is 4.91. The molecule has 2 rings (SSSR count). The van der Waals surface area contributed by atoms with Crippen LogP contribution >= 0.6 is 0 Å². The number of nitrogens with one attached hydrogen (secondary N) is 1. The molecule has 1 saturated carbocycles. The Labute approximate surface area is 91.9 Å². The first-order valence-corrected chi connectivity index (χ1v) is 5.89. The van der Waals surface area contributed by atoms with Crippen LogP contribution in [0, 0.1) is 19.8 Å². The Morgan fingerprint density at radius 2 is 2.07 bits per heavy atom. The molecule has 1 aliphatic carbocycles. The highest BCUT2D eigenvalue weighted by molar-refractivity contribution is 5.52. The zero-order chi connectivity index (χ0) is 11.0. The molecule has 0 atom stereocenters. The lowest BCUT2D eigenvalue weighted by molar-refractivity contribution is 0.516. The third kappa shape index (κ3) is 2.16. The molecule has 0 spiro atoms. The van der Waals surface area contributed by atoms with Crippen LogP contribution < -0.4 is 5.32 Å². The summed E-state index contributed by atoms with van der Waals surface area (Å²) in [6, 6.07) is 0.445. The van der Waals surface area contributed by atoms with Crippen molar-refractivity contribution in [1.82, 2.24) is 9.78 Å². The van der Waals surface area contributed by atoms with Crippen LogP contribution in [-0.2, 0) is 0 Å². The van der Waals surface area contributed by atoms with Crippen molar-refractivity contribution >= 4 is 5.69 Å². The molecule has 1 heterocycles. The first kappa shape index (κ1) is 10.5. The van der Waals surface area contributed by atoms with Crippen LogP contribution in [0.25, 0.3) is 0 Å². The smallest absolute Gasteiger partial charge is 0.0828 e. The minimum atomic E-state index is 0.445. The van der Waals surface area contributed by atoms with Crippen LogP contribution in [0.3, 0.4) is 0 Å². The lowest BCUT2D eigenvalue weighted by Gasteiger charge is -2.09. The first-order chi connectivity index (χ1) is 7.09. The van der Waals surface area contributed by atoms with Gasteiger partial charge in [0.15, 0.2) is 0 Å². The van der Waals surface area contributed by atoms with Gasteiger partial charge in [0, 0.05) is 12.6 Å². The molecule has 0 bridgehead atoms. The highest BCUT2D eigenvalue weighted by Crippen LogP contribution is 2.30. The second kappa shape index (κ2) is 3.87. The summed E-state index contributed by atoms with van der Waals surface area (Å²) in [6.45, 7) is 9.69. The van der Waals surface area contributed by atoms with E-state index in [9.17, 15) is 0 Å². The minimum absolute atomic E-state index is 0.445. The van der Waals surface area contributed by atoms with E-state index >= 15 is 0 Å². The van der Waals surface area contributed by atoms with Crippen LogP contribution in [0.15, 0.2) is 0 Å². The third-order valence-corrected chi connectivity index (χ3v) is 3.08. The maximum atomic E-state index is 4.56. The third-order valence-electron chi connectivity index (χ3n) is 3.08. The van der Waals surface area contributed by atoms with Gasteiger partial charge in [-0.05, 0) is 46.5 Å². The molecule has 1 fully saturated rings. The molecule has 1 aliphatic rings. The molecule has 3 nitrogen and oxygen atoms in total. The van der Waals surface area contributed by atoms with Crippen LogP contribution in [0.4, 0.5) is 5.69 Å². The topological polar surface area (TPSA) is 29.9 Å². The Morgan fingerprint density at radius 1 is 1.40 bits per heavy atom. The van der Waals surface area contributed by atoms with Crippen molar-refractivity contribution < 1.29 is 0 Å². The summed E-state index contributed by atoms with van der Waals surface area (Å²) in [5.41, 5.74) is 3.64. The van der Waals surface area contributed by atoms with Crippen molar-refractivity contribution in [1.29, 1.82) is 0 Å². The highest BCUT2D eigenvalue weighted by atomic mass is 15.3. The van der Waals surface area contributed by atoms with E-state index in [1.165, 1.54) is 24.2 Å².